The first-order valence-electron chi connectivity index (χ1n) is 16.8. The zero-order valence-corrected chi connectivity index (χ0v) is 27.3. The van der Waals surface area contributed by atoms with Crippen molar-refractivity contribution in [3.63, 3.8) is 0 Å². The summed E-state index contributed by atoms with van der Waals surface area (Å²) in [5.41, 5.74) is 9.74. The second-order valence-corrected chi connectivity index (χ2v) is 14.0. The van der Waals surface area contributed by atoms with Gasteiger partial charge in [0.15, 0.2) is 0 Å². The number of thiophene rings is 1. The molecule has 0 atom stereocenters. The van der Waals surface area contributed by atoms with Crippen LogP contribution in [0.4, 0.5) is 0 Å². The van der Waals surface area contributed by atoms with Crippen LogP contribution in [-0.4, -0.2) is 9.13 Å². The van der Waals surface area contributed by atoms with E-state index in [1.807, 2.05) is 11.3 Å². The molecule has 11 aromatic rings. The first-order valence-corrected chi connectivity index (χ1v) is 17.6. The lowest BCUT2D eigenvalue weighted by Gasteiger charge is -2.11. The van der Waals surface area contributed by atoms with Crippen molar-refractivity contribution in [2.24, 2.45) is 0 Å². The number of fused-ring (bicyclic) bond motifs is 11. The van der Waals surface area contributed by atoms with Gasteiger partial charge in [0.2, 0.25) is 0 Å². The van der Waals surface area contributed by atoms with Crippen LogP contribution < -0.4 is 0 Å². The van der Waals surface area contributed by atoms with Crippen molar-refractivity contribution in [2.75, 3.05) is 0 Å². The fourth-order valence-electron chi connectivity index (χ4n) is 8.15. The van der Waals surface area contributed by atoms with Crippen molar-refractivity contribution in [1.82, 2.24) is 9.13 Å². The number of benzene rings is 8. The van der Waals surface area contributed by atoms with Gasteiger partial charge in [-0.25, -0.2) is 0 Å². The fraction of sp³-hybridized carbons (Fsp3) is 0. The monoisotopic (exact) mass is 640 g/mol. The summed E-state index contributed by atoms with van der Waals surface area (Å²) in [5.74, 6) is 0. The maximum atomic E-state index is 2.44. The lowest BCUT2D eigenvalue weighted by Crippen LogP contribution is -1.95. The molecule has 0 bridgehead atoms. The Morgan fingerprint density at radius 2 is 0.939 bits per heavy atom. The second kappa shape index (κ2) is 10.2. The third kappa shape index (κ3) is 3.82. The molecule has 2 nitrogen and oxygen atoms in total. The Bertz CT molecular complexity index is 3100. The van der Waals surface area contributed by atoms with E-state index in [2.05, 4.69) is 179 Å². The summed E-state index contributed by atoms with van der Waals surface area (Å²) in [6.07, 6.45) is 0. The second-order valence-electron chi connectivity index (χ2n) is 12.9. The summed E-state index contributed by atoms with van der Waals surface area (Å²) >= 11 is 1.88. The molecule has 0 unspecified atom stereocenters. The van der Waals surface area contributed by atoms with Crippen LogP contribution in [0.1, 0.15) is 0 Å². The molecular formula is C46H28N2S. The molecule has 3 aromatic heterocycles. The van der Waals surface area contributed by atoms with E-state index < -0.39 is 0 Å². The summed E-state index contributed by atoms with van der Waals surface area (Å²) in [6, 6.07) is 62.4. The van der Waals surface area contributed by atoms with E-state index in [1.165, 1.54) is 91.4 Å². The van der Waals surface area contributed by atoms with Gasteiger partial charge in [0.25, 0.3) is 0 Å². The Morgan fingerprint density at radius 3 is 1.67 bits per heavy atom. The van der Waals surface area contributed by atoms with Gasteiger partial charge in [0.05, 0.1) is 22.1 Å². The van der Waals surface area contributed by atoms with Crippen molar-refractivity contribution in [3.05, 3.63) is 170 Å². The van der Waals surface area contributed by atoms with E-state index in [0.29, 0.717) is 0 Å². The number of para-hydroxylation sites is 2. The highest BCUT2D eigenvalue weighted by Crippen LogP contribution is 2.43. The Hall–Kier alpha value is -6.16. The highest BCUT2D eigenvalue weighted by molar-refractivity contribution is 7.26. The van der Waals surface area contributed by atoms with Crippen molar-refractivity contribution in [1.29, 1.82) is 0 Å². The molecule has 0 fully saturated rings. The highest BCUT2D eigenvalue weighted by Gasteiger charge is 2.20. The van der Waals surface area contributed by atoms with E-state index in [9.17, 15) is 0 Å². The zero-order chi connectivity index (χ0) is 32.1. The Balaban J connectivity index is 1.14. The number of aromatic nitrogens is 2. The minimum Gasteiger partial charge on any atom is -0.309 e. The Kier molecular flexibility index (Phi) is 5.57. The molecule has 228 valence electrons. The van der Waals surface area contributed by atoms with Crippen LogP contribution in [-0.2, 0) is 0 Å². The lowest BCUT2D eigenvalue weighted by atomic mass is 10.0. The summed E-state index contributed by atoms with van der Waals surface area (Å²) < 4.78 is 7.56. The van der Waals surface area contributed by atoms with Gasteiger partial charge in [0.1, 0.15) is 0 Å². The van der Waals surface area contributed by atoms with E-state index in [-0.39, 0.29) is 0 Å². The summed E-state index contributed by atoms with van der Waals surface area (Å²) in [5, 5.41) is 10.3. The van der Waals surface area contributed by atoms with Gasteiger partial charge in [-0.3, -0.25) is 0 Å². The van der Waals surface area contributed by atoms with Crippen LogP contribution in [0.3, 0.4) is 0 Å². The molecule has 8 aromatic carbocycles. The number of rotatable bonds is 3. The maximum Gasteiger partial charge on any atom is 0.0548 e. The van der Waals surface area contributed by atoms with E-state index >= 15 is 0 Å². The standard InChI is InChI=1S/C46H28N2S/c1-2-11-31-28-33(25-20-29(31)10-1)48-40-18-7-4-14-38(40)45-42(48)27-26-41-44(45)37-13-3-6-17-39(37)47(41)32-23-21-30(22-24-32)34-15-9-16-36-35-12-5-8-19-43(35)49-46(34)36/h1-28H. The van der Waals surface area contributed by atoms with Gasteiger partial charge < -0.3 is 9.13 Å². The van der Waals surface area contributed by atoms with Crippen molar-refractivity contribution in [2.45, 2.75) is 0 Å². The molecule has 0 amide bonds. The molecule has 0 aliphatic rings. The highest BCUT2D eigenvalue weighted by atomic mass is 32.1. The minimum absolute atomic E-state index is 1.16. The van der Waals surface area contributed by atoms with E-state index in [1.54, 1.807) is 0 Å². The number of hydrogen-bond donors (Lipinski definition) is 0. The number of hydrogen-bond acceptors (Lipinski definition) is 1. The molecule has 0 N–H and O–H groups in total. The smallest absolute Gasteiger partial charge is 0.0548 e. The topological polar surface area (TPSA) is 9.86 Å². The third-order valence-corrected chi connectivity index (χ3v) is 11.5. The van der Waals surface area contributed by atoms with Gasteiger partial charge in [0, 0.05) is 53.1 Å². The average Bonchev–Trinajstić information content (AvgIpc) is 3.82. The molecule has 3 heterocycles. The average molecular weight is 641 g/mol. The molecule has 0 aliphatic carbocycles. The van der Waals surface area contributed by atoms with Crippen LogP contribution in [0.5, 0.6) is 0 Å². The number of nitrogens with zero attached hydrogens (tertiary/aromatic N) is 2. The van der Waals surface area contributed by atoms with Gasteiger partial charge in [-0.2, -0.15) is 0 Å². The fourth-order valence-corrected chi connectivity index (χ4v) is 9.39. The first kappa shape index (κ1) is 26.9. The van der Waals surface area contributed by atoms with Gasteiger partial charge in [-0.1, -0.05) is 115 Å². The predicted molar refractivity (Wildman–Crippen MR) is 211 cm³/mol. The van der Waals surface area contributed by atoms with Crippen molar-refractivity contribution in [3.8, 4) is 22.5 Å². The zero-order valence-electron chi connectivity index (χ0n) is 26.5. The molecule has 49 heavy (non-hydrogen) atoms. The molecule has 0 saturated carbocycles. The molecule has 0 spiro atoms. The van der Waals surface area contributed by atoms with Crippen LogP contribution >= 0.6 is 11.3 Å². The van der Waals surface area contributed by atoms with Gasteiger partial charge in [-0.05, 0) is 76.5 Å². The molecule has 0 saturated heterocycles. The van der Waals surface area contributed by atoms with Crippen LogP contribution in [0.2, 0.25) is 0 Å². The lowest BCUT2D eigenvalue weighted by molar-refractivity contribution is 1.17. The first-order chi connectivity index (χ1) is 24.3. The normalized spacial score (nSPS) is 12.1. The van der Waals surface area contributed by atoms with Gasteiger partial charge in [-0.15, -0.1) is 11.3 Å². The molecule has 0 aliphatic heterocycles. The van der Waals surface area contributed by atoms with Crippen LogP contribution in [0.25, 0.3) is 97.1 Å². The predicted octanol–water partition coefficient (Wildman–Crippen LogP) is 13.1. The molecular weight excluding hydrogens is 613 g/mol. The minimum atomic E-state index is 1.16. The summed E-state index contributed by atoms with van der Waals surface area (Å²) in [6.45, 7) is 0. The van der Waals surface area contributed by atoms with E-state index in [4.69, 9.17) is 0 Å². The summed E-state index contributed by atoms with van der Waals surface area (Å²) in [7, 11) is 0. The third-order valence-electron chi connectivity index (χ3n) is 10.3. The SMILES string of the molecule is c1ccc2cc(-n3c4ccccc4c4c5c6ccccc6n(-c6ccc(-c7cccc8c7sc7ccccc78)cc6)c5ccc43)ccc2c1. The van der Waals surface area contributed by atoms with Crippen LogP contribution in [0, 0.1) is 0 Å². The Labute approximate surface area is 286 Å². The van der Waals surface area contributed by atoms with Crippen molar-refractivity contribution < 1.29 is 0 Å². The molecule has 11 rings (SSSR count). The Morgan fingerprint density at radius 1 is 0.367 bits per heavy atom. The maximum absolute atomic E-state index is 2.44. The summed E-state index contributed by atoms with van der Waals surface area (Å²) in [4.78, 5) is 0. The van der Waals surface area contributed by atoms with Crippen LogP contribution in [0.15, 0.2) is 170 Å². The molecule has 3 heteroatoms. The van der Waals surface area contributed by atoms with Gasteiger partial charge >= 0.3 is 0 Å². The largest absolute Gasteiger partial charge is 0.309 e. The van der Waals surface area contributed by atoms with Crippen molar-refractivity contribution >= 4 is 85.9 Å². The quantitative estimate of drug-likeness (QED) is 0.182. The molecule has 0 radical (unpaired) electrons. The van der Waals surface area contributed by atoms with E-state index in [0.717, 1.165) is 5.69 Å².